The maximum absolute atomic E-state index is 9.25. The van der Waals surface area contributed by atoms with Crippen LogP contribution in [0.5, 0.6) is 0 Å². The Bertz CT molecular complexity index is 636. The lowest BCUT2D eigenvalue weighted by molar-refractivity contribution is 0.518. The van der Waals surface area contributed by atoms with Crippen LogP contribution in [0, 0.1) is 17.2 Å². The van der Waals surface area contributed by atoms with Crippen molar-refractivity contribution in [3.05, 3.63) is 35.9 Å². The highest BCUT2D eigenvalue weighted by molar-refractivity contribution is 5.86. The summed E-state index contributed by atoms with van der Waals surface area (Å²) in [6, 6.07) is 11.9. The molecule has 102 valence electrons. The number of rotatable bonds is 4. The zero-order valence-electron chi connectivity index (χ0n) is 11.6. The maximum Gasteiger partial charge on any atom is 0.127 e. The standard InChI is InChI=1S/C17H19N3/c18-12-14-11-17(19-10-9-13-5-1-2-6-13)20-16-8-4-3-7-15(14)16/h3-4,7-8,11,13H,1-2,5-6,9-10H2,(H,19,20). The summed E-state index contributed by atoms with van der Waals surface area (Å²) in [6.45, 7) is 0.945. The molecule has 1 aliphatic rings. The first kappa shape index (κ1) is 12.9. The predicted molar refractivity (Wildman–Crippen MR) is 81.5 cm³/mol. The van der Waals surface area contributed by atoms with Crippen molar-refractivity contribution in [3.63, 3.8) is 0 Å². The molecular weight excluding hydrogens is 246 g/mol. The summed E-state index contributed by atoms with van der Waals surface area (Å²) in [6.07, 6.45) is 6.72. The van der Waals surface area contributed by atoms with Crippen molar-refractivity contribution in [2.45, 2.75) is 32.1 Å². The van der Waals surface area contributed by atoms with E-state index in [0.717, 1.165) is 29.2 Å². The molecule has 1 N–H and O–H groups in total. The van der Waals surface area contributed by atoms with Gasteiger partial charge < -0.3 is 5.32 Å². The number of para-hydroxylation sites is 1. The van der Waals surface area contributed by atoms with Crippen LogP contribution < -0.4 is 5.32 Å². The Hall–Kier alpha value is -2.08. The third kappa shape index (κ3) is 2.75. The molecule has 1 heterocycles. The number of anilines is 1. The Kier molecular flexibility index (Phi) is 3.83. The second-order valence-electron chi connectivity index (χ2n) is 5.55. The summed E-state index contributed by atoms with van der Waals surface area (Å²) in [5.41, 5.74) is 1.58. The normalized spacial score (nSPS) is 15.3. The van der Waals surface area contributed by atoms with Crippen molar-refractivity contribution < 1.29 is 0 Å². The Balaban J connectivity index is 1.73. The van der Waals surface area contributed by atoms with Crippen molar-refractivity contribution in [3.8, 4) is 6.07 Å². The summed E-state index contributed by atoms with van der Waals surface area (Å²) in [5.74, 6) is 1.69. The van der Waals surface area contributed by atoms with E-state index in [-0.39, 0.29) is 0 Å². The zero-order chi connectivity index (χ0) is 13.8. The molecule has 2 aromatic rings. The number of aromatic nitrogens is 1. The van der Waals surface area contributed by atoms with Gasteiger partial charge in [0.05, 0.1) is 17.1 Å². The van der Waals surface area contributed by atoms with Crippen molar-refractivity contribution in [2.24, 2.45) is 5.92 Å². The molecule has 0 radical (unpaired) electrons. The topological polar surface area (TPSA) is 48.7 Å². The number of fused-ring (bicyclic) bond motifs is 1. The van der Waals surface area contributed by atoms with E-state index in [4.69, 9.17) is 0 Å². The summed E-state index contributed by atoms with van der Waals surface area (Å²) < 4.78 is 0. The molecule has 3 nitrogen and oxygen atoms in total. The van der Waals surface area contributed by atoms with E-state index >= 15 is 0 Å². The van der Waals surface area contributed by atoms with Gasteiger partial charge in [0, 0.05) is 11.9 Å². The second kappa shape index (κ2) is 5.92. The fourth-order valence-corrected chi connectivity index (χ4v) is 3.06. The van der Waals surface area contributed by atoms with E-state index in [1.807, 2.05) is 30.3 Å². The third-order valence-electron chi connectivity index (χ3n) is 4.17. The highest BCUT2D eigenvalue weighted by Gasteiger charge is 2.14. The quantitative estimate of drug-likeness (QED) is 0.905. The van der Waals surface area contributed by atoms with Gasteiger partial charge in [0.25, 0.3) is 0 Å². The Morgan fingerprint density at radius 3 is 2.85 bits per heavy atom. The third-order valence-corrected chi connectivity index (χ3v) is 4.17. The molecule has 0 aliphatic heterocycles. The van der Waals surface area contributed by atoms with Gasteiger partial charge in [0.2, 0.25) is 0 Å². The molecule has 0 atom stereocenters. The average molecular weight is 265 g/mol. The first-order chi connectivity index (χ1) is 9.86. The molecule has 1 aromatic heterocycles. The van der Waals surface area contributed by atoms with Crippen molar-refractivity contribution >= 4 is 16.7 Å². The van der Waals surface area contributed by atoms with Crippen LogP contribution in [-0.2, 0) is 0 Å². The smallest absolute Gasteiger partial charge is 0.127 e. The highest BCUT2D eigenvalue weighted by atomic mass is 15.0. The van der Waals surface area contributed by atoms with Crippen LogP contribution in [0.2, 0.25) is 0 Å². The highest BCUT2D eigenvalue weighted by Crippen LogP contribution is 2.27. The lowest BCUT2D eigenvalue weighted by Crippen LogP contribution is -2.08. The van der Waals surface area contributed by atoms with Gasteiger partial charge in [-0.05, 0) is 24.5 Å². The molecular formula is C17H19N3. The van der Waals surface area contributed by atoms with E-state index in [1.165, 1.54) is 32.1 Å². The van der Waals surface area contributed by atoms with E-state index in [9.17, 15) is 5.26 Å². The number of nitriles is 1. The van der Waals surface area contributed by atoms with E-state index < -0.39 is 0 Å². The first-order valence-corrected chi connectivity index (χ1v) is 7.40. The fraction of sp³-hybridized carbons (Fsp3) is 0.412. The van der Waals surface area contributed by atoms with Crippen molar-refractivity contribution in [1.82, 2.24) is 4.98 Å². The number of hydrogen-bond acceptors (Lipinski definition) is 3. The summed E-state index contributed by atoms with van der Waals surface area (Å²) in [4.78, 5) is 4.59. The summed E-state index contributed by atoms with van der Waals surface area (Å²) >= 11 is 0. The van der Waals surface area contributed by atoms with Crippen molar-refractivity contribution in [1.29, 1.82) is 5.26 Å². The van der Waals surface area contributed by atoms with Gasteiger partial charge in [-0.15, -0.1) is 0 Å². The summed E-state index contributed by atoms with van der Waals surface area (Å²) in [5, 5.41) is 13.6. The van der Waals surface area contributed by atoms with Crippen molar-refractivity contribution in [2.75, 3.05) is 11.9 Å². The van der Waals surface area contributed by atoms with E-state index in [1.54, 1.807) is 0 Å². The van der Waals surface area contributed by atoms with Gasteiger partial charge in [-0.3, -0.25) is 0 Å². The minimum Gasteiger partial charge on any atom is -0.370 e. The number of hydrogen-bond donors (Lipinski definition) is 1. The lowest BCUT2D eigenvalue weighted by Gasteiger charge is -2.11. The van der Waals surface area contributed by atoms with Crippen LogP contribution in [0.25, 0.3) is 10.9 Å². The van der Waals surface area contributed by atoms with Crippen LogP contribution in [0.1, 0.15) is 37.7 Å². The van der Waals surface area contributed by atoms with E-state index in [2.05, 4.69) is 16.4 Å². The number of nitrogens with zero attached hydrogens (tertiary/aromatic N) is 2. The molecule has 0 bridgehead atoms. The molecule has 1 aliphatic carbocycles. The largest absolute Gasteiger partial charge is 0.370 e. The minimum atomic E-state index is 0.693. The van der Waals surface area contributed by atoms with Gasteiger partial charge >= 0.3 is 0 Å². The molecule has 1 saturated carbocycles. The molecule has 3 heteroatoms. The first-order valence-electron chi connectivity index (χ1n) is 7.40. The van der Waals surface area contributed by atoms with Gasteiger partial charge in [-0.2, -0.15) is 5.26 Å². The molecule has 1 fully saturated rings. The SMILES string of the molecule is N#Cc1cc(NCCC2CCCC2)nc2ccccc12. The Morgan fingerprint density at radius 2 is 2.05 bits per heavy atom. The van der Waals surface area contributed by atoms with Gasteiger partial charge in [-0.1, -0.05) is 43.9 Å². The molecule has 3 rings (SSSR count). The zero-order valence-corrected chi connectivity index (χ0v) is 11.6. The summed E-state index contributed by atoms with van der Waals surface area (Å²) in [7, 11) is 0. The molecule has 20 heavy (non-hydrogen) atoms. The van der Waals surface area contributed by atoms with E-state index in [0.29, 0.717) is 5.56 Å². The molecule has 0 spiro atoms. The van der Waals surface area contributed by atoms with Crippen LogP contribution >= 0.6 is 0 Å². The number of pyridine rings is 1. The lowest BCUT2D eigenvalue weighted by atomic mass is 10.0. The Labute approximate surface area is 119 Å². The molecule has 0 unspecified atom stereocenters. The van der Waals surface area contributed by atoms with Gasteiger partial charge in [0.15, 0.2) is 0 Å². The van der Waals surface area contributed by atoms with Gasteiger partial charge in [0.1, 0.15) is 5.82 Å². The predicted octanol–water partition coefficient (Wildman–Crippen LogP) is 4.10. The monoisotopic (exact) mass is 265 g/mol. The van der Waals surface area contributed by atoms with Gasteiger partial charge in [-0.25, -0.2) is 4.98 Å². The molecule has 0 saturated heterocycles. The number of benzene rings is 1. The van der Waals surface area contributed by atoms with Crippen LogP contribution in [-0.4, -0.2) is 11.5 Å². The number of nitrogens with one attached hydrogen (secondary N) is 1. The Morgan fingerprint density at radius 1 is 1.25 bits per heavy atom. The second-order valence-corrected chi connectivity index (χ2v) is 5.55. The maximum atomic E-state index is 9.25. The van der Waals surface area contributed by atoms with Crippen LogP contribution in [0.15, 0.2) is 30.3 Å². The fourth-order valence-electron chi connectivity index (χ4n) is 3.06. The van der Waals surface area contributed by atoms with Crippen LogP contribution in [0.3, 0.4) is 0 Å². The van der Waals surface area contributed by atoms with Crippen LogP contribution in [0.4, 0.5) is 5.82 Å². The average Bonchev–Trinajstić information content (AvgIpc) is 2.99. The molecule has 0 amide bonds. The minimum absolute atomic E-state index is 0.693. The molecule has 1 aromatic carbocycles.